The van der Waals surface area contributed by atoms with Crippen LogP contribution in [0, 0.1) is 0 Å². The fourth-order valence-corrected chi connectivity index (χ4v) is 17.2. The normalized spacial score (nSPS) is 16.8. The largest absolute Gasteiger partial charge is 0.310 e. The number of para-hydroxylation sites is 2. The van der Waals surface area contributed by atoms with Gasteiger partial charge in [0.05, 0.1) is 74.6 Å². The second-order valence-electron chi connectivity index (χ2n) is 40.0. The predicted octanol–water partition coefficient (Wildman–Crippen LogP) is 31.0. The number of rotatable bonds is 10. The van der Waals surface area contributed by atoms with E-state index in [9.17, 15) is 32.9 Å². The summed E-state index contributed by atoms with van der Waals surface area (Å²) in [5.41, 5.74) is -0.646. The van der Waals surface area contributed by atoms with Gasteiger partial charge in [-0.15, -0.1) is 0 Å². The summed E-state index contributed by atoms with van der Waals surface area (Å²) in [6, 6.07) is 18.8. The second-order valence-corrected chi connectivity index (χ2v) is 40.0. The maximum atomic E-state index is 12.3. The van der Waals surface area contributed by atoms with Gasteiger partial charge in [0.1, 0.15) is 0 Å². The standard InChI is InChI=1S/C118H115BN4/c1-112(2,3)82-44-32-40-78(60-82)93-66-86(116(13,14)15)67-94(79-41-33-45-83(61-79)113(4,5)6)110(93)122-105-72-89(120-101-50-30-28-48-91(101)97-64-76(52-58-103(97)120)74-36-24-22-25-37-74)54-56-99(105)119-100-57-55-90(121-102-51-31-29-49-92(102)98-65-77(53-59-104(98)121)75-38-26-23-27-39-75)73-106(100)123(108-71-88(118(19,20)21)70-107(122)109(108)119)111-95(80-42-34-46-84(62-80)114(7,8)9)68-87(117(16,17)18)69-96(111)81-43-35-47-85(63-81)115(10,11)12/h22-73H,1-21H3/i22D,23D,24D,25D,26D,27D,28D,29D,30D,31D,36D,37D,38D,39D,48D,49D,50D,51D,52D,53D,54D,55D,56D,57D,58D,59D,64D,65D,72D,73D. The topological polar surface area (TPSA) is 16.3 Å². The van der Waals surface area contributed by atoms with E-state index in [1.165, 1.54) is 0 Å². The highest BCUT2D eigenvalue weighted by atomic mass is 15.2. The predicted molar refractivity (Wildman–Crippen MR) is 533 cm³/mol. The van der Waals surface area contributed by atoms with Crippen molar-refractivity contribution in [3.05, 3.63) is 354 Å². The molecule has 5 heteroatoms. The highest BCUT2D eigenvalue weighted by Gasteiger charge is 2.47. The van der Waals surface area contributed by atoms with Crippen LogP contribution in [-0.4, -0.2) is 15.8 Å². The van der Waals surface area contributed by atoms with E-state index in [2.05, 4.69) is 173 Å². The molecule has 2 aliphatic heterocycles. The molecule has 610 valence electrons. The van der Waals surface area contributed by atoms with E-state index in [0.29, 0.717) is 61.4 Å². The molecule has 0 aliphatic carbocycles. The summed E-state index contributed by atoms with van der Waals surface area (Å²) < 4.78 is 306. The summed E-state index contributed by atoms with van der Waals surface area (Å²) in [7, 11) is 0. The van der Waals surface area contributed by atoms with E-state index < -0.39 is 303 Å². The Labute approximate surface area is 772 Å². The zero-order valence-electron chi connectivity index (χ0n) is 104. The lowest BCUT2D eigenvalue weighted by atomic mass is 9.33. The molecule has 0 atom stereocenters. The Morgan fingerprint density at radius 3 is 0.846 bits per heavy atom. The number of hydrogen-bond donors (Lipinski definition) is 0. The molecule has 0 saturated heterocycles. The molecule has 17 aromatic rings. The van der Waals surface area contributed by atoms with Crippen LogP contribution in [0.2, 0.25) is 0 Å². The first-order chi connectivity index (χ1) is 70.9. The maximum Gasteiger partial charge on any atom is 0.252 e. The molecule has 19 rings (SSSR count). The van der Waals surface area contributed by atoms with Crippen molar-refractivity contribution in [2.24, 2.45) is 0 Å². The molecule has 2 aliphatic rings. The Bertz CT molecular complexity index is 8310. The minimum Gasteiger partial charge on any atom is -0.310 e. The molecule has 0 N–H and O–H groups in total. The van der Waals surface area contributed by atoms with E-state index in [0.717, 1.165) is 42.5 Å². The molecule has 0 amide bonds. The Kier molecular flexibility index (Phi) is 12.5. The van der Waals surface area contributed by atoms with Crippen molar-refractivity contribution in [1.29, 1.82) is 0 Å². The van der Waals surface area contributed by atoms with Gasteiger partial charge < -0.3 is 18.9 Å². The van der Waals surface area contributed by atoms with Gasteiger partial charge in [-0.05, 0) is 235 Å². The number of anilines is 6. The lowest BCUT2D eigenvalue weighted by Crippen LogP contribution is -2.61. The molecule has 0 spiro atoms. The molecule has 4 nitrogen and oxygen atoms in total. The monoisotopic (exact) mass is 1630 g/mol. The van der Waals surface area contributed by atoms with Gasteiger partial charge in [-0.2, -0.15) is 0 Å². The molecule has 0 fully saturated rings. The van der Waals surface area contributed by atoms with Crippen molar-refractivity contribution in [2.75, 3.05) is 9.80 Å². The number of aromatic nitrogens is 2. The second kappa shape index (κ2) is 29.1. The molecule has 0 unspecified atom stereocenters. The fourth-order valence-electron chi connectivity index (χ4n) is 17.2. The van der Waals surface area contributed by atoms with Gasteiger partial charge in [-0.3, -0.25) is 0 Å². The zero-order valence-corrected chi connectivity index (χ0v) is 73.6. The first kappa shape index (κ1) is 52.8. The van der Waals surface area contributed by atoms with E-state index >= 15 is 0 Å². The van der Waals surface area contributed by atoms with Gasteiger partial charge >= 0.3 is 0 Å². The van der Waals surface area contributed by atoms with Crippen molar-refractivity contribution in [1.82, 2.24) is 9.13 Å². The number of hydrogen-bond acceptors (Lipinski definition) is 2. The number of benzene rings is 15. The molecule has 4 heterocycles. The van der Waals surface area contributed by atoms with Crippen LogP contribution in [0.4, 0.5) is 34.1 Å². The average Bonchev–Trinajstić information content (AvgIpc) is 1.55. The van der Waals surface area contributed by atoms with Crippen molar-refractivity contribution in [3.63, 3.8) is 0 Å². The summed E-state index contributed by atoms with van der Waals surface area (Å²) in [5.74, 6) is 0. The molecule has 0 radical (unpaired) electrons. The lowest BCUT2D eigenvalue weighted by Gasteiger charge is -2.47. The third-order valence-corrected chi connectivity index (χ3v) is 24.2. The van der Waals surface area contributed by atoms with Crippen molar-refractivity contribution in [2.45, 2.75) is 183 Å². The molecule has 123 heavy (non-hydrogen) atoms. The highest BCUT2D eigenvalue weighted by molar-refractivity contribution is 7.00. The van der Waals surface area contributed by atoms with Crippen LogP contribution in [0.15, 0.2) is 315 Å². The first-order valence-electron chi connectivity index (χ1n) is 57.0. The van der Waals surface area contributed by atoms with E-state index in [-0.39, 0.29) is 39.1 Å². The summed E-state index contributed by atoms with van der Waals surface area (Å²) in [6.07, 6.45) is 0. The average molecular weight is 1630 g/mol. The Morgan fingerprint density at radius 1 is 0.236 bits per heavy atom. The first-order valence-corrected chi connectivity index (χ1v) is 42.0. The molecular formula is C118H115BN4. The number of nitrogens with zero attached hydrogens (tertiary/aromatic N) is 4. The van der Waals surface area contributed by atoms with Crippen LogP contribution in [0.1, 0.15) is 225 Å². The van der Waals surface area contributed by atoms with Crippen molar-refractivity contribution in [3.8, 4) is 78.1 Å². The van der Waals surface area contributed by atoms with Crippen LogP contribution in [0.5, 0.6) is 0 Å². The summed E-state index contributed by atoms with van der Waals surface area (Å²) in [5, 5.41) is -2.13. The van der Waals surface area contributed by atoms with Crippen LogP contribution >= 0.6 is 0 Å². The van der Waals surface area contributed by atoms with Gasteiger partial charge in [0.15, 0.2) is 0 Å². The molecule has 2 aromatic heterocycles. The van der Waals surface area contributed by atoms with Gasteiger partial charge in [-0.1, -0.05) is 363 Å². The van der Waals surface area contributed by atoms with Gasteiger partial charge in [0.25, 0.3) is 6.71 Å². The molecule has 0 bridgehead atoms. The van der Waals surface area contributed by atoms with Crippen LogP contribution in [-0.2, 0) is 37.9 Å². The molecule has 0 saturated carbocycles. The summed E-state index contributed by atoms with van der Waals surface area (Å²) in [6.45, 7) is 41.8. The Hall–Kier alpha value is -12.4. The fraction of sp³-hybridized carbons (Fsp3) is 0.237. The smallest absolute Gasteiger partial charge is 0.252 e. The van der Waals surface area contributed by atoms with Crippen molar-refractivity contribution >= 4 is 101 Å². The van der Waals surface area contributed by atoms with Gasteiger partial charge in [-0.25, -0.2) is 0 Å². The third-order valence-electron chi connectivity index (χ3n) is 24.2. The SMILES string of the molecule is [2H]c1c([2H])c([2H])c(-c2c([2H])c([2H])c3c(c2[2H])c2c([2H])c([2H])c([2H])c([2H])c2n3-c2c([2H])c([2H])c3c(c2[2H])N(c2c(-c4cccc(C(C)(C)C)c4)cc(C(C)(C)C)cc2-c2cccc(C(C)(C)C)c2)c2cc(C(C)(C)C)cc4c2B3c2c([2H])c([2H])c(-n3c5c([2H])c([2H])c([2H])c([2H])c5c5c([2H])c(-c6c([2H])c([2H])c([2H])c([2H])c6[2H])c([2H])c([2H])c53)c([2H])c2N4c2c(-c3cccc(C(C)(C)C)c3)cc(C(C)(C)C)cc2-c2cccc(C(C)(C)C)c2)c([2H])c1[2H]. The lowest BCUT2D eigenvalue weighted by molar-refractivity contribution is 0.589. The maximum absolute atomic E-state index is 12.3. The summed E-state index contributed by atoms with van der Waals surface area (Å²) in [4.78, 5) is 3.76. The Morgan fingerprint density at radius 2 is 0.528 bits per heavy atom. The minimum atomic E-state index is -1.84. The van der Waals surface area contributed by atoms with Crippen LogP contribution in [0.25, 0.3) is 122 Å². The molecular weight excluding hydrogens is 1480 g/mol. The van der Waals surface area contributed by atoms with Crippen molar-refractivity contribution < 1.29 is 41.1 Å². The minimum absolute atomic E-state index is 0.209. The van der Waals surface area contributed by atoms with Crippen LogP contribution < -0.4 is 26.2 Å². The number of fused-ring (bicyclic) bond motifs is 10. The van der Waals surface area contributed by atoms with E-state index in [1.54, 1.807) is 0 Å². The highest BCUT2D eigenvalue weighted by Crippen LogP contribution is 2.57. The van der Waals surface area contributed by atoms with Gasteiger partial charge in [0, 0.05) is 77.9 Å². The van der Waals surface area contributed by atoms with Crippen LogP contribution in [0.3, 0.4) is 0 Å². The molecule has 15 aromatic carbocycles. The van der Waals surface area contributed by atoms with E-state index in [1.807, 2.05) is 116 Å². The quantitative estimate of drug-likeness (QED) is 0.127. The Balaban J connectivity index is 1.12. The van der Waals surface area contributed by atoms with Gasteiger partial charge in [0.2, 0.25) is 0 Å². The van der Waals surface area contributed by atoms with E-state index in [4.69, 9.17) is 8.22 Å². The third kappa shape index (κ3) is 14.1. The zero-order chi connectivity index (χ0) is 112. The summed E-state index contributed by atoms with van der Waals surface area (Å²) >= 11 is 0.